The predicted molar refractivity (Wildman–Crippen MR) is 217 cm³/mol. The van der Waals surface area contributed by atoms with Crippen molar-refractivity contribution in [3.05, 3.63) is 100 Å². The molecule has 2 aliphatic rings. The van der Waals surface area contributed by atoms with Crippen LogP contribution in [0.25, 0.3) is 22.5 Å². The topological polar surface area (TPSA) is 193 Å². The summed E-state index contributed by atoms with van der Waals surface area (Å²) in [5, 5.41) is 14.5. The summed E-state index contributed by atoms with van der Waals surface area (Å²) < 4.78 is 12.2. The first-order valence-corrected chi connectivity index (χ1v) is 20.2. The lowest BCUT2D eigenvalue weighted by Crippen LogP contribution is -2.44. The molecule has 0 saturated carbocycles. The number of fused-ring (bicyclic) bond motifs is 2. The van der Waals surface area contributed by atoms with Crippen molar-refractivity contribution in [1.29, 1.82) is 0 Å². The Hall–Kier alpha value is -6.49. The van der Waals surface area contributed by atoms with Crippen LogP contribution in [0.5, 0.6) is 0 Å². The van der Waals surface area contributed by atoms with Gasteiger partial charge in [-0.15, -0.1) is 0 Å². The second-order valence-electron chi connectivity index (χ2n) is 15.3. The third-order valence-corrected chi connectivity index (χ3v) is 11.2. The van der Waals surface area contributed by atoms with Crippen LogP contribution in [0, 0.1) is 6.92 Å². The maximum atomic E-state index is 13.4. The van der Waals surface area contributed by atoms with E-state index in [4.69, 9.17) is 9.84 Å². The number of unbranched alkanes of at least 4 members (excludes halogenated alkanes) is 1. The maximum Gasteiger partial charge on any atom is 0.329 e. The molecule has 0 bridgehead atoms. The molecule has 2 fully saturated rings. The molecule has 0 spiro atoms. The number of carbonyl (C=O) groups excluding carboxylic acids is 4. The van der Waals surface area contributed by atoms with Crippen LogP contribution in [0.2, 0.25) is 0 Å². The number of hydrogen-bond acceptors (Lipinski definition) is 10. The van der Waals surface area contributed by atoms with Gasteiger partial charge in [0.25, 0.3) is 5.91 Å². The lowest BCUT2D eigenvalue weighted by atomic mass is 9.93. The SMILES string of the molecule is Cc1ccc(-n2nc(C3CCN(C(=O)CCCCOCCCc4cccc5c4n(C)c(=O)n5C4CCC(=O)NC4=O)CC3)cc2NC(=O)c2cnn3cccnc23)nc1. The summed E-state index contributed by atoms with van der Waals surface area (Å²) in [5.41, 5.74) is 4.81. The van der Waals surface area contributed by atoms with E-state index in [1.165, 1.54) is 10.8 Å². The fourth-order valence-electron chi connectivity index (χ4n) is 8.10. The Morgan fingerprint density at radius 1 is 0.966 bits per heavy atom. The number of pyridine rings is 1. The number of ether oxygens (including phenoxy) is 1. The molecule has 1 unspecified atom stereocenters. The van der Waals surface area contributed by atoms with Gasteiger partial charge in [-0.05, 0) is 81.2 Å². The zero-order valence-electron chi connectivity index (χ0n) is 33.2. The van der Waals surface area contributed by atoms with E-state index in [0.717, 1.165) is 54.4 Å². The summed E-state index contributed by atoms with van der Waals surface area (Å²) in [6.07, 6.45) is 12.0. The quantitative estimate of drug-likeness (QED) is 0.120. The fourth-order valence-corrected chi connectivity index (χ4v) is 8.10. The molecule has 5 aromatic heterocycles. The molecule has 59 heavy (non-hydrogen) atoms. The number of rotatable bonds is 14. The van der Waals surface area contributed by atoms with E-state index in [9.17, 15) is 24.0 Å². The minimum Gasteiger partial charge on any atom is -0.381 e. The van der Waals surface area contributed by atoms with Crippen LogP contribution < -0.4 is 16.3 Å². The minimum atomic E-state index is -0.718. The Bertz CT molecular complexity index is 2580. The molecule has 17 heteroatoms. The van der Waals surface area contributed by atoms with Crippen molar-refractivity contribution in [2.24, 2.45) is 7.05 Å². The van der Waals surface area contributed by atoms with Crippen LogP contribution in [0.3, 0.4) is 0 Å². The molecule has 2 aliphatic heterocycles. The van der Waals surface area contributed by atoms with Crippen molar-refractivity contribution in [2.75, 3.05) is 31.6 Å². The molecule has 0 radical (unpaired) electrons. The number of piperidine rings is 2. The summed E-state index contributed by atoms with van der Waals surface area (Å²) in [6.45, 7) is 4.30. The molecule has 2 N–H and O–H groups in total. The normalized spacial score (nSPS) is 16.2. The third-order valence-electron chi connectivity index (χ3n) is 11.2. The van der Waals surface area contributed by atoms with Gasteiger partial charge >= 0.3 is 5.69 Å². The van der Waals surface area contributed by atoms with Crippen LogP contribution in [0.4, 0.5) is 5.82 Å². The van der Waals surface area contributed by atoms with Gasteiger partial charge in [0.15, 0.2) is 11.5 Å². The third kappa shape index (κ3) is 8.28. The van der Waals surface area contributed by atoms with Crippen molar-refractivity contribution >= 4 is 46.1 Å². The number of benzene rings is 1. The molecule has 0 aliphatic carbocycles. The van der Waals surface area contributed by atoms with Crippen LogP contribution in [0.1, 0.15) is 90.5 Å². The number of amides is 4. The lowest BCUT2D eigenvalue weighted by Gasteiger charge is -2.31. The van der Waals surface area contributed by atoms with Gasteiger partial charge in [-0.2, -0.15) is 14.9 Å². The number of nitrogens with zero attached hydrogens (tertiary/aromatic N) is 9. The smallest absolute Gasteiger partial charge is 0.329 e. The Kier molecular flexibility index (Phi) is 11.4. The van der Waals surface area contributed by atoms with Gasteiger partial charge in [-0.1, -0.05) is 18.2 Å². The number of nitrogens with one attached hydrogen (secondary N) is 2. The highest BCUT2D eigenvalue weighted by molar-refractivity contribution is 6.08. The van der Waals surface area contributed by atoms with Crippen molar-refractivity contribution < 1.29 is 23.9 Å². The summed E-state index contributed by atoms with van der Waals surface area (Å²) in [7, 11) is 1.71. The highest BCUT2D eigenvalue weighted by Crippen LogP contribution is 2.31. The van der Waals surface area contributed by atoms with Crippen LogP contribution in [-0.2, 0) is 32.6 Å². The van der Waals surface area contributed by atoms with Gasteiger partial charge in [0.1, 0.15) is 17.4 Å². The number of anilines is 1. The fraction of sp³-hybridized carbons (Fsp3) is 0.405. The second-order valence-corrected chi connectivity index (χ2v) is 15.3. The molecule has 1 aromatic carbocycles. The summed E-state index contributed by atoms with van der Waals surface area (Å²) in [5.74, 6) is 0.191. The number of imidazole rings is 1. The van der Waals surface area contributed by atoms with Gasteiger partial charge in [0.2, 0.25) is 17.7 Å². The first-order valence-electron chi connectivity index (χ1n) is 20.2. The molecular weight excluding hydrogens is 755 g/mol. The molecule has 306 valence electrons. The number of imide groups is 1. The van der Waals surface area contributed by atoms with Crippen molar-refractivity contribution in [3.63, 3.8) is 0 Å². The first kappa shape index (κ1) is 39.3. The van der Waals surface area contributed by atoms with Crippen molar-refractivity contribution in [2.45, 2.75) is 76.7 Å². The highest BCUT2D eigenvalue weighted by Gasteiger charge is 2.32. The average Bonchev–Trinajstić information content (AvgIpc) is 3.94. The minimum absolute atomic E-state index is 0.107. The first-order chi connectivity index (χ1) is 28.7. The van der Waals surface area contributed by atoms with Crippen LogP contribution in [-0.4, -0.2) is 93.3 Å². The summed E-state index contributed by atoms with van der Waals surface area (Å²) >= 11 is 0. The van der Waals surface area contributed by atoms with Gasteiger partial charge < -0.3 is 15.0 Å². The predicted octanol–water partition coefficient (Wildman–Crippen LogP) is 4.03. The number of likely N-dealkylation sites (tertiary alicyclic amines) is 1. The van der Waals surface area contributed by atoms with E-state index in [2.05, 4.69) is 25.7 Å². The molecule has 4 amide bonds. The van der Waals surface area contributed by atoms with Gasteiger partial charge in [-0.3, -0.25) is 33.6 Å². The lowest BCUT2D eigenvalue weighted by molar-refractivity contribution is -0.136. The van der Waals surface area contributed by atoms with Crippen LogP contribution >= 0.6 is 0 Å². The number of aryl methyl sites for hydroxylation is 3. The summed E-state index contributed by atoms with van der Waals surface area (Å²) in [6, 6.07) is 12.5. The largest absolute Gasteiger partial charge is 0.381 e. The van der Waals surface area contributed by atoms with E-state index in [-0.39, 0.29) is 35.8 Å². The molecular formula is C42H47N11O6. The molecule has 17 nitrogen and oxygen atoms in total. The van der Waals surface area contributed by atoms with E-state index >= 15 is 0 Å². The van der Waals surface area contributed by atoms with Gasteiger partial charge in [-0.25, -0.2) is 19.3 Å². The molecule has 6 aromatic rings. The van der Waals surface area contributed by atoms with Crippen molar-refractivity contribution in [3.8, 4) is 5.82 Å². The standard InChI is InChI=1S/C42H47N11O6/c1-27-12-14-34(44-25-27)53-35(46-40(56)30-26-45-51-19-7-18-43-39(30)51)24-31(48-53)28-16-20-50(21-17-28)37(55)11-3-4-22-59-23-6-9-29-8-5-10-32-38(29)49(2)42(58)52(32)33-13-15-36(54)47-41(33)57/h5,7-8,10,12,14,18-19,24-26,28,33H,3-4,6,9,11,13,15-17,20-23H2,1-2H3,(H,46,56)(H,47,54,57). The zero-order chi connectivity index (χ0) is 41.0. The van der Waals surface area contributed by atoms with Gasteiger partial charge in [0.05, 0.1) is 22.9 Å². The maximum absolute atomic E-state index is 13.4. The Labute approximate surface area is 339 Å². The molecule has 2 saturated heterocycles. The van der Waals surface area contributed by atoms with Crippen LogP contribution in [0.15, 0.2) is 72.0 Å². The Balaban J connectivity index is 0.792. The zero-order valence-corrected chi connectivity index (χ0v) is 33.2. The number of hydrogen-bond donors (Lipinski definition) is 2. The molecule has 7 heterocycles. The highest BCUT2D eigenvalue weighted by atomic mass is 16.5. The molecule has 1 atom stereocenters. The van der Waals surface area contributed by atoms with E-state index in [0.29, 0.717) is 73.9 Å². The number of carbonyl (C=O) groups is 4. The Morgan fingerprint density at radius 3 is 2.59 bits per heavy atom. The Morgan fingerprint density at radius 2 is 1.80 bits per heavy atom. The molecule has 8 rings (SSSR count). The number of aromatic nitrogens is 8. The van der Waals surface area contributed by atoms with E-state index in [1.807, 2.05) is 48.2 Å². The number of para-hydroxylation sites is 1. The average molecular weight is 802 g/mol. The van der Waals surface area contributed by atoms with Crippen molar-refractivity contribution in [1.82, 2.24) is 48.7 Å². The van der Waals surface area contributed by atoms with E-state index < -0.39 is 11.9 Å². The second kappa shape index (κ2) is 17.2. The van der Waals surface area contributed by atoms with E-state index in [1.54, 1.807) is 45.5 Å². The van der Waals surface area contributed by atoms with Gasteiger partial charge in [0, 0.05) is 76.8 Å². The summed E-state index contributed by atoms with van der Waals surface area (Å²) in [4.78, 5) is 74.8. The monoisotopic (exact) mass is 801 g/mol.